The second-order valence-corrected chi connectivity index (χ2v) is 4.54. The van der Waals surface area contributed by atoms with Crippen molar-refractivity contribution in [1.82, 2.24) is 0 Å². The summed E-state index contributed by atoms with van der Waals surface area (Å²) in [7, 11) is 0. The van der Waals surface area contributed by atoms with Crippen LogP contribution in [-0.2, 0) is 20.4 Å². The van der Waals surface area contributed by atoms with Gasteiger partial charge in [-0.15, -0.1) is 0 Å². The molecule has 0 aliphatic heterocycles. The van der Waals surface area contributed by atoms with Crippen LogP contribution in [0.1, 0.15) is 20.8 Å². The Labute approximate surface area is 68.4 Å². The van der Waals surface area contributed by atoms with Crippen LogP contribution in [0.5, 0.6) is 0 Å². The van der Waals surface area contributed by atoms with Crippen LogP contribution in [-0.4, -0.2) is 0 Å². The number of rotatable bonds is 0. The molecule has 1 aliphatic rings. The third-order valence-electron chi connectivity index (χ3n) is 1.78. The van der Waals surface area contributed by atoms with E-state index in [4.69, 9.17) is 0 Å². The molecule has 0 aromatic heterocycles. The van der Waals surface area contributed by atoms with Gasteiger partial charge < -0.3 is 0 Å². The zero-order valence-corrected chi connectivity index (χ0v) is 7.72. The molecule has 0 amide bonds. The van der Waals surface area contributed by atoms with E-state index < -0.39 is 0 Å². The zero-order valence-electron chi connectivity index (χ0n) is 6.15. The molecule has 47 valence electrons. The van der Waals surface area contributed by atoms with Crippen molar-refractivity contribution < 1.29 is 20.4 Å². The summed E-state index contributed by atoms with van der Waals surface area (Å²) in [5.41, 5.74) is 2.87. The standard InChI is InChI=1S/C8H11.Ti/c1-6-4-7(2)8(3)5-6;/h4-5H,1-3H3;. The SMILES string of the molecule is CC1=C[C](C)([Ti])C(C)=C1. The molecule has 1 heteroatoms. The molecule has 0 radical (unpaired) electrons. The maximum absolute atomic E-state index is 2.31. The van der Waals surface area contributed by atoms with Crippen molar-refractivity contribution in [2.24, 2.45) is 0 Å². The molecule has 0 bridgehead atoms. The predicted molar refractivity (Wildman–Crippen MR) is 35.9 cm³/mol. The first-order valence-electron chi connectivity index (χ1n) is 3.15. The predicted octanol–water partition coefficient (Wildman–Crippen LogP) is 2.62. The average Bonchev–Trinajstić information content (AvgIpc) is 1.79. The van der Waals surface area contributed by atoms with Gasteiger partial charge in [0.25, 0.3) is 0 Å². The Bertz CT molecular complexity index is 185. The van der Waals surface area contributed by atoms with E-state index in [0.717, 1.165) is 0 Å². The molecule has 0 saturated carbocycles. The molecular weight excluding hydrogens is 144 g/mol. The second kappa shape index (κ2) is 2.11. The van der Waals surface area contributed by atoms with Crippen molar-refractivity contribution in [1.29, 1.82) is 0 Å². The fraction of sp³-hybridized carbons (Fsp3) is 0.500. The van der Waals surface area contributed by atoms with Gasteiger partial charge >= 0.3 is 68.2 Å². The van der Waals surface area contributed by atoms with Gasteiger partial charge in [0.15, 0.2) is 0 Å². The van der Waals surface area contributed by atoms with Gasteiger partial charge in [0.1, 0.15) is 0 Å². The molecule has 0 saturated heterocycles. The third kappa shape index (κ3) is 1.36. The Morgan fingerprint density at radius 3 is 2.11 bits per heavy atom. The van der Waals surface area contributed by atoms with Crippen molar-refractivity contribution >= 4 is 0 Å². The van der Waals surface area contributed by atoms with E-state index in [2.05, 4.69) is 53.4 Å². The monoisotopic (exact) mass is 155 g/mol. The summed E-state index contributed by atoms with van der Waals surface area (Å²) in [5, 5.41) is 0. The average molecular weight is 155 g/mol. The van der Waals surface area contributed by atoms with E-state index in [0.29, 0.717) is 3.72 Å². The van der Waals surface area contributed by atoms with Crippen LogP contribution in [0.15, 0.2) is 23.3 Å². The van der Waals surface area contributed by atoms with Gasteiger partial charge in [-0.3, -0.25) is 0 Å². The second-order valence-electron chi connectivity index (χ2n) is 2.92. The van der Waals surface area contributed by atoms with Gasteiger partial charge in [0, 0.05) is 0 Å². The van der Waals surface area contributed by atoms with Gasteiger partial charge in [-0.25, -0.2) is 0 Å². The molecule has 0 nitrogen and oxygen atoms in total. The molecule has 1 rings (SSSR count). The normalized spacial score (nSPS) is 34.0. The quantitative estimate of drug-likeness (QED) is 0.471. The van der Waals surface area contributed by atoms with Gasteiger partial charge in [0.2, 0.25) is 0 Å². The Balaban J connectivity index is 2.96. The van der Waals surface area contributed by atoms with E-state index in [-0.39, 0.29) is 0 Å². The first-order valence-corrected chi connectivity index (χ1v) is 3.94. The maximum atomic E-state index is 2.31. The molecule has 1 unspecified atom stereocenters. The van der Waals surface area contributed by atoms with E-state index >= 15 is 0 Å². The summed E-state index contributed by atoms with van der Waals surface area (Å²) in [6, 6.07) is 0. The molecule has 0 fully saturated rings. The van der Waals surface area contributed by atoms with Crippen LogP contribution in [0.2, 0.25) is 3.72 Å². The molecule has 1 atom stereocenters. The topological polar surface area (TPSA) is 0 Å². The van der Waals surface area contributed by atoms with Crippen LogP contribution in [0.3, 0.4) is 0 Å². The number of hydrogen-bond acceptors (Lipinski definition) is 0. The van der Waals surface area contributed by atoms with Crippen LogP contribution in [0.25, 0.3) is 0 Å². The van der Waals surface area contributed by atoms with Crippen LogP contribution in [0.4, 0.5) is 0 Å². The Kier molecular flexibility index (Phi) is 1.71. The van der Waals surface area contributed by atoms with E-state index in [1.807, 2.05) is 0 Å². The number of allylic oxidation sites excluding steroid dienone is 4. The van der Waals surface area contributed by atoms with Crippen molar-refractivity contribution in [3.63, 3.8) is 0 Å². The summed E-state index contributed by atoms with van der Waals surface area (Å²) < 4.78 is 0.323. The molecule has 1 aliphatic carbocycles. The Morgan fingerprint density at radius 2 is 2.00 bits per heavy atom. The van der Waals surface area contributed by atoms with E-state index in [1.165, 1.54) is 11.1 Å². The van der Waals surface area contributed by atoms with Crippen molar-refractivity contribution in [3.8, 4) is 0 Å². The molecular formula is C8H11Ti. The number of hydrogen-bond donors (Lipinski definition) is 0. The fourth-order valence-corrected chi connectivity index (χ4v) is 1.57. The van der Waals surface area contributed by atoms with Crippen LogP contribution in [0, 0.1) is 0 Å². The molecule has 0 N–H and O–H groups in total. The first-order chi connectivity index (χ1) is 4.02. The van der Waals surface area contributed by atoms with Crippen LogP contribution < -0.4 is 0 Å². The minimum atomic E-state index is 0.323. The fourth-order valence-electron chi connectivity index (χ4n) is 1.10. The Hall–Kier alpha value is 0.194. The summed E-state index contributed by atoms with van der Waals surface area (Å²) >= 11 is 2.25. The van der Waals surface area contributed by atoms with Crippen molar-refractivity contribution in [3.05, 3.63) is 23.3 Å². The van der Waals surface area contributed by atoms with Gasteiger partial charge in [-0.2, -0.15) is 0 Å². The van der Waals surface area contributed by atoms with Crippen molar-refractivity contribution in [2.75, 3.05) is 0 Å². The van der Waals surface area contributed by atoms with Gasteiger partial charge in [0.05, 0.1) is 0 Å². The summed E-state index contributed by atoms with van der Waals surface area (Å²) in [6.07, 6.45) is 4.56. The molecule has 9 heavy (non-hydrogen) atoms. The van der Waals surface area contributed by atoms with Gasteiger partial charge in [-0.05, 0) is 0 Å². The Morgan fingerprint density at radius 1 is 1.44 bits per heavy atom. The van der Waals surface area contributed by atoms with E-state index in [1.54, 1.807) is 0 Å². The summed E-state index contributed by atoms with van der Waals surface area (Å²) in [5.74, 6) is 0. The first kappa shape index (κ1) is 7.30. The summed E-state index contributed by atoms with van der Waals surface area (Å²) in [6.45, 7) is 6.58. The van der Waals surface area contributed by atoms with Gasteiger partial charge in [-0.1, -0.05) is 0 Å². The van der Waals surface area contributed by atoms with Crippen LogP contribution >= 0.6 is 0 Å². The molecule has 0 aromatic carbocycles. The molecule has 0 spiro atoms. The molecule has 0 heterocycles. The zero-order chi connectivity index (χ0) is 7.07. The summed E-state index contributed by atoms with van der Waals surface area (Å²) in [4.78, 5) is 0. The molecule has 0 aromatic rings. The third-order valence-corrected chi connectivity index (χ3v) is 2.62. The minimum absolute atomic E-state index is 0.323. The van der Waals surface area contributed by atoms with E-state index in [9.17, 15) is 0 Å². The van der Waals surface area contributed by atoms with Crippen molar-refractivity contribution in [2.45, 2.75) is 24.5 Å².